The van der Waals surface area contributed by atoms with Gasteiger partial charge >= 0.3 is 6.03 Å². The van der Waals surface area contributed by atoms with Gasteiger partial charge in [0.25, 0.3) is 0 Å². The number of hydrogen-bond acceptors (Lipinski definition) is 3. The third-order valence-electron chi connectivity index (χ3n) is 5.43. The van der Waals surface area contributed by atoms with Crippen molar-refractivity contribution in [2.75, 3.05) is 38.2 Å². The Balaban J connectivity index is 1.38. The maximum atomic E-state index is 12.1. The van der Waals surface area contributed by atoms with Gasteiger partial charge in [0.2, 0.25) is 0 Å². The molecule has 2 aromatic carbocycles. The Labute approximate surface area is 168 Å². The molecule has 150 valence electrons. The lowest BCUT2D eigenvalue weighted by molar-refractivity contribution is 0.239. The zero-order chi connectivity index (χ0) is 19.9. The van der Waals surface area contributed by atoms with E-state index < -0.39 is 0 Å². The minimum absolute atomic E-state index is 0.0791. The summed E-state index contributed by atoms with van der Waals surface area (Å²) in [7, 11) is 1.69. The molecule has 1 saturated heterocycles. The van der Waals surface area contributed by atoms with Gasteiger partial charge in [-0.25, -0.2) is 4.79 Å². The summed E-state index contributed by atoms with van der Waals surface area (Å²) in [5.74, 6) is 1.35. The number of urea groups is 1. The van der Waals surface area contributed by atoms with Crippen LogP contribution in [-0.2, 0) is 6.42 Å². The predicted octanol–water partition coefficient (Wildman–Crippen LogP) is 3.68. The first-order chi connectivity index (χ1) is 13.5. The number of nitrogens with one attached hydrogen (secondary N) is 2. The first-order valence-electron chi connectivity index (χ1n) is 10.0. The topological polar surface area (TPSA) is 53.6 Å². The van der Waals surface area contributed by atoms with Crippen LogP contribution in [0.5, 0.6) is 5.75 Å². The van der Waals surface area contributed by atoms with E-state index in [1.807, 2.05) is 12.1 Å². The van der Waals surface area contributed by atoms with Crippen LogP contribution in [0, 0.1) is 19.8 Å². The van der Waals surface area contributed by atoms with Gasteiger partial charge in [-0.15, -0.1) is 0 Å². The van der Waals surface area contributed by atoms with Gasteiger partial charge in [0.1, 0.15) is 5.75 Å². The molecule has 0 saturated carbocycles. The summed E-state index contributed by atoms with van der Waals surface area (Å²) in [5.41, 5.74) is 5.02. The highest BCUT2D eigenvalue weighted by Gasteiger charge is 2.23. The second-order valence-corrected chi connectivity index (χ2v) is 7.62. The molecule has 28 heavy (non-hydrogen) atoms. The third kappa shape index (κ3) is 5.41. The first-order valence-corrected chi connectivity index (χ1v) is 10.0. The molecular formula is C23H31N3O2. The van der Waals surface area contributed by atoms with Crippen LogP contribution in [0.3, 0.4) is 0 Å². The Morgan fingerprint density at radius 2 is 2.04 bits per heavy atom. The maximum Gasteiger partial charge on any atom is 0.314 e. The van der Waals surface area contributed by atoms with Crippen LogP contribution in [-0.4, -0.2) is 39.3 Å². The molecule has 5 nitrogen and oxygen atoms in total. The number of aryl methyl sites for hydroxylation is 2. The molecule has 1 aliphatic heterocycles. The van der Waals surface area contributed by atoms with Crippen molar-refractivity contribution in [1.82, 2.24) is 10.6 Å². The minimum atomic E-state index is -0.0791. The summed E-state index contributed by atoms with van der Waals surface area (Å²) in [6.07, 6.45) is 1.94. The quantitative estimate of drug-likeness (QED) is 0.769. The lowest BCUT2D eigenvalue weighted by Crippen LogP contribution is -2.39. The Morgan fingerprint density at radius 1 is 1.18 bits per heavy atom. The zero-order valence-electron chi connectivity index (χ0n) is 17.1. The molecule has 0 bridgehead atoms. The standard InChI is InChI=1S/C23H31N3O2/c1-17-7-8-20(18(2)13-17)9-11-24-23(27)25-15-19-10-12-26(16-19)21-5-4-6-22(14-21)28-3/h4-8,13-14,19H,9-12,15-16H2,1-3H3,(H2,24,25,27). The number of anilines is 1. The third-order valence-corrected chi connectivity index (χ3v) is 5.43. The fourth-order valence-electron chi connectivity index (χ4n) is 3.78. The van der Waals surface area contributed by atoms with Crippen molar-refractivity contribution in [3.05, 3.63) is 59.2 Å². The molecule has 0 spiro atoms. The van der Waals surface area contributed by atoms with E-state index in [2.05, 4.69) is 59.7 Å². The van der Waals surface area contributed by atoms with Gasteiger partial charge in [0.05, 0.1) is 7.11 Å². The molecular weight excluding hydrogens is 350 g/mol. The molecule has 5 heteroatoms. The van der Waals surface area contributed by atoms with E-state index in [9.17, 15) is 4.79 Å². The molecule has 1 unspecified atom stereocenters. The summed E-state index contributed by atoms with van der Waals surface area (Å²) in [6.45, 7) is 7.54. The number of benzene rings is 2. The molecule has 3 rings (SSSR count). The van der Waals surface area contributed by atoms with Gasteiger partial charge in [0, 0.05) is 37.9 Å². The Morgan fingerprint density at radius 3 is 2.82 bits per heavy atom. The van der Waals surface area contributed by atoms with Gasteiger partial charge in [-0.3, -0.25) is 0 Å². The monoisotopic (exact) mass is 381 g/mol. The Hall–Kier alpha value is -2.69. The number of nitrogens with zero attached hydrogens (tertiary/aromatic N) is 1. The summed E-state index contributed by atoms with van der Waals surface area (Å²) in [5, 5.41) is 6.00. The van der Waals surface area contributed by atoms with Crippen molar-refractivity contribution >= 4 is 11.7 Å². The summed E-state index contributed by atoms with van der Waals surface area (Å²) < 4.78 is 5.31. The first kappa shape index (κ1) is 20.1. The highest BCUT2D eigenvalue weighted by atomic mass is 16.5. The van der Waals surface area contributed by atoms with Crippen molar-refractivity contribution in [2.45, 2.75) is 26.7 Å². The van der Waals surface area contributed by atoms with Crippen molar-refractivity contribution in [1.29, 1.82) is 0 Å². The summed E-state index contributed by atoms with van der Waals surface area (Å²) in [6, 6.07) is 14.5. The molecule has 1 aliphatic rings. The second-order valence-electron chi connectivity index (χ2n) is 7.62. The van der Waals surface area contributed by atoms with Crippen molar-refractivity contribution in [3.8, 4) is 5.75 Å². The van der Waals surface area contributed by atoms with Gasteiger partial charge < -0.3 is 20.3 Å². The SMILES string of the molecule is COc1cccc(N2CCC(CNC(=O)NCCc3ccc(C)cc3C)C2)c1. The van der Waals surface area contributed by atoms with Crippen molar-refractivity contribution < 1.29 is 9.53 Å². The molecule has 1 atom stereocenters. The highest BCUT2D eigenvalue weighted by Crippen LogP contribution is 2.26. The number of methoxy groups -OCH3 is 1. The largest absolute Gasteiger partial charge is 0.497 e. The van der Waals surface area contributed by atoms with Gasteiger partial charge in [-0.1, -0.05) is 29.8 Å². The molecule has 0 radical (unpaired) electrons. The smallest absolute Gasteiger partial charge is 0.314 e. The minimum Gasteiger partial charge on any atom is -0.497 e. The normalized spacial score (nSPS) is 16.1. The van der Waals surface area contributed by atoms with Crippen LogP contribution >= 0.6 is 0 Å². The van der Waals surface area contributed by atoms with E-state index in [1.54, 1.807) is 7.11 Å². The maximum absolute atomic E-state index is 12.1. The molecule has 1 heterocycles. The van der Waals surface area contributed by atoms with E-state index in [-0.39, 0.29) is 6.03 Å². The zero-order valence-corrected chi connectivity index (χ0v) is 17.1. The van der Waals surface area contributed by atoms with E-state index in [0.717, 1.165) is 31.7 Å². The molecule has 2 aromatic rings. The van der Waals surface area contributed by atoms with Crippen LogP contribution in [0.2, 0.25) is 0 Å². The highest BCUT2D eigenvalue weighted by molar-refractivity contribution is 5.73. The number of hydrogen-bond donors (Lipinski definition) is 2. The van der Waals surface area contributed by atoms with Crippen molar-refractivity contribution in [2.24, 2.45) is 5.92 Å². The van der Waals surface area contributed by atoms with E-state index in [1.165, 1.54) is 22.4 Å². The number of ether oxygens (including phenoxy) is 1. The van der Waals surface area contributed by atoms with Crippen LogP contribution < -0.4 is 20.3 Å². The Bertz CT molecular complexity index is 806. The molecule has 1 fully saturated rings. The average Bonchev–Trinajstić information content (AvgIpc) is 3.17. The number of rotatable bonds is 7. The van der Waals surface area contributed by atoms with E-state index in [4.69, 9.17) is 4.74 Å². The summed E-state index contributed by atoms with van der Waals surface area (Å²) in [4.78, 5) is 14.5. The summed E-state index contributed by atoms with van der Waals surface area (Å²) >= 11 is 0. The second kappa shape index (κ2) is 9.49. The van der Waals surface area contributed by atoms with Crippen LogP contribution in [0.25, 0.3) is 0 Å². The number of carbonyl (C=O) groups is 1. The number of carbonyl (C=O) groups excluding carboxylic acids is 1. The Kier molecular flexibility index (Phi) is 6.80. The lowest BCUT2D eigenvalue weighted by atomic mass is 10.0. The fourth-order valence-corrected chi connectivity index (χ4v) is 3.78. The molecule has 2 N–H and O–H groups in total. The van der Waals surface area contributed by atoms with Gasteiger partial charge in [-0.2, -0.15) is 0 Å². The van der Waals surface area contributed by atoms with E-state index >= 15 is 0 Å². The molecule has 0 aliphatic carbocycles. The average molecular weight is 382 g/mol. The lowest BCUT2D eigenvalue weighted by Gasteiger charge is -2.19. The van der Waals surface area contributed by atoms with E-state index in [0.29, 0.717) is 19.0 Å². The van der Waals surface area contributed by atoms with Crippen LogP contribution in [0.15, 0.2) is 42.5 Å². The fraction of sp³-hybridized carbons (Fsp3) is 0.435. The van der Waals surface area contributed by atoms with Crippen molar-refractivity contribution in [3.63, 3.8) is 0 Å². The predicted molar refractivity (Wildman–Crippen MR) is 114 cm³/mol. The van der Waals surface area contributed by atoms with Gasteiger partial charge in [0.15, 0.2) is 0 Å². The van der Waals surface area contributed by atoms with Gasteiger partial charge in [-0.05, 0) is 55.9 Å². The van der Waals surface area contributed by atoms with Crippen LogP contribution in [0.1, 0.15) is 23.1 Å². The number of amides is 2. The molecule has 2 amide bonds. The van der Waals surface area contributed by atoms with Crippen LogP contribution in [0.4, 0.5) is 10.5 Å². The molecule has 0 aromatic heterocycles.